The minimum atomic E-state index is -0.590. The summed E-state index contributed by atoms with van der Waals surface area (Å²) in [7, 11) is 1.66. The van der Waals surface area contributed by atoms with Gasteiger partial charge in [0.15, 0.2) is 0 Å². The van der Waals surface area contributed by atoms with E-state index in [9.17, 15) is 4.79 Å². The van der Waals surface area contributed by atoms with Crippen LogP contribution in [0.15, 0.2) is 0 Å². The monoisotopic (exact) mass is 254 g/mol. The molecule has 104 valence electrons. The topological polar surface area (TPSA) is 50.4 Å². The molecule has 0 atom stereocenters. The van der Waals surface area contributed by atoms with Gasteiger partial charge in [0.25, 0.3) is 5.91 Å². The molecule has 1 saturated heterocycles. The van der Waals surface area contributed by atoms with Crippen molar-refractivity contribution in [1.82, 2.24) is 10.6 Å². The van der Waals surface area contributed by atoms with Gasteiger partial charge in [0.1, 0.15) is 5.60 Å². The van der Waals surface area contributed by atoms with Crippen LogP contribution in [0.3, 0.4) is 0 Å². The van der Waals surface area contributed by atoms with E-state index in [0.29, 0.717) is 5.41 Å². The third-order valence-electron chi connectivity index (χ3n) is 4.58. The number of hydrogen-bond acceptors (Lipinski definition) is 3. The van der Waals surface area contributed by atoms with E-state index in [-0.39, 0.29) is 5.91 Å². The van der Waals surface area contributed by atoms with Gasteiger partial charge in [-0.25, -0.2) is 0 Å². The molecule has 0 radical (unpaired) electrons. The lowest BCUT2D eigenvalue weighted by atomic mass is 9.90. The minimum absolute atomic E-state index is 0.0916. The van der Waals surface area contributed by atoms with E-state index in [1.807, 2.05) is 0 Å². The van der Waals surface area contributed by atoms with Gasteiger partial charge >= 0.3 is 0 Å². The second-order valence-electron chi connectivity index (χ2n) is 5.88. The molecule has 2 N–H and O–H groups in total. The Kier molecular flexibility index (Phi) is 4.28. The van der Waals surface area contributed by atoms with Gasteiger partial charge in [-0.1, -0.05) is 13.3 Å². The zero-order valence-electron chi connectivity index (χ0n) is 11.7. The molecular formula is C14H26N2O2. The lowest BCUT2D eigenvalue weighted by Gasteiger charge is -2.35. The van der Waals surface area contributed by atoms with Gasteiger partial charge in [-0.2, -0.15) is 0 Å². The highest BCUT2D eigenvalue weighted by Crippen LogP contribution is 2.49. The minimum Gasteiger partial charge on any atom is -0.368 e. The quantitative estimate of drug-likeness (QED) is 0.754. The van der Waals surface area contributed by atoms with Crippen molar-refractivity contribution in [1.29, 1.82) is 0 Å². The summed E-state index contributed by atoms with van der Waals surface area (Å²) in [6.45, 7) is 4.77. The van der Waals surface area contributed by atoms with Gasteiger partial charge < -0.3 is 15.4 Å². The summed E-state index contributed by atoms with van der Waals surface area (Å²) < 4.78 is 5.53. The number of rotatable bonds is 6. The van der Waals surface area contributed by atoms with E-state index < -0.39 is 5.60 Å². The largest absolute Gasteiger partial charge is 0.368 e. The van der Waals surface area contributed by atoms with Crippen molar-refractivity contribution in [3.05, 3.63) is 0 Å². The average Bonchev–Trinajstić information content (AvgIpc) is 3.17. The number of hydrogen-bond donors (Lipinski definition) is 2. The van der Waals surface area contributed by atoms with Crippen molar-refractivity contribution in [3.8, 4) is 0 Å². The van der Waals surface area contributed by atoms with E-state index in [2.05, 4.69) is 17.6 Å². The fraction of sp³-hybridized carbons (Fsp3) is 0.929. The molecule has 0 spiro atoms. The van der Waals surface area contributed by atoms with E-state index in [0.717, 1.165) is 32.5 Å². The molecular weight excluding hydrogens is 228 g/mol. The third-order valence-corrected chi connectivity index (χ3v) is 4.58. The maximum absolute atomic E-state index is 12.4. The van der Waals surface area contributed by atoms with Gasteiger partial charge in [-0.05, 0) is 50.6 Å². The van der Waals surface area contributed by atoms with Crippen LogP contribution in [0.1, 0.15) is 45.4 Å². The van der Waals surface area contributed by atoms with Gasteiger partial charge in [-0.15, -0.1) is 0 Å². The van der Waals surface area contributed by atoms with Crippen LogP contribution in [-0.2, 0) is 9.53 Å². The van der Waals surface area contributed by atoms with Crippen molar-refractivity contribution < 1.29 is 9.53 Å². The molecule has 2 aliphatic rings. The van der Waals surface area contributed by atoms with Crippen LogP contribution in [0.4, 0.5) is 0 Å². The predicted octanol–water partition coefficient (Wildman–Crippen LogP) is 1.45. The summed E-state index contributed by atoms with van der Waals surface area (Å²) in [6, 6.07) is 0. The van der Waals surface area contributed by atoms with E-state index in [4.69, 9.17) is 4.74 Å². The van der Waals surface area contributed by atoms with Crippen LogP contribution in [0.5, 0.6) is 0 Å². The molecule has 1 saturated carbocycles. The lowest BCUT2D eigenvalue weighted by Crippen LogP contribution is -2.54. The first-order valence-corrected chi connectivity index (χ1v) is 7.21. The van der Waals surface area contributed by atoms with Crippen LogP contribution in [0.25, 0.3) is 0 Å². The van der Waals surface area contributed by atoms with Crippen LogP contribution >= 0.6 is 0 Å². The third kappa shape index (κ3) is 2.86. The van der Waals surface area contributed by atoms with Crippen molar-refractivity contribution in [3.63, 3.8) is 0 Å². The van der Waals surface area contributed by atoms with Gasteiger partial charge in [0.2, 0.25) is 0 Å². The normalized spacial score (nSPS) is 24.6. The first-order chi connectivity index (χ1) is 8.66. The standard InChI is InChI=1S/C14H26N2O2/c1-3-4-13(5-6-13)11-16-12(17)14(18-2)7-9-15-10-8-14/h15H,3-11H2,1-2H3,(H,16,17). The molecule has 0 aromatic carbocycles. The average molecular weight is 254 g/mol. The van der Waals surface area contributed by atoms with Crippen molar-refractivity contribution in [2.75, 3.05) is 26.7 Å². The molecule has 0 bridgehead atoms. The predicted molar refractivity (Wildman–Crippen MR) is 71.4 cm³/mol. The van der Waals surface area contributed by atoms with E-state index in [1.165, 1.54) is 25.7 Å². The lowest BCUT2D eigenvalue weighted by molar-refractivity contribution is -0.147. The number of amides is 1. The molecule has 0 aromatic rings. The van der Waals surface area contributed by atoms with Crippen molar-refractivity contribution in [2.24, 2.45) is 5.41 Å². The Labute approximate surface area is 110 Å². The number of carbonyl (C=O) groups is 1. The fourth-order valence-corrected chi connectivity index (χ4v) is 3.01. The molecule has 0 aromatic heterocycles. The van der Waals surface area contributed by atoms with Gasteiger partial charge in [0.05, 0.1) is 0 Å². The maximum Gasteiger partial charge on any atom is 0.252 e. The summed E-state index contributed by atoms with van der Waals surface area (Å²) >= 11 is 0. The maximum atomic E-state index is 12.4. The number of carbonyl (C=O) groups excluding carboxylic acids is 1. The second kappa shape index (κ2) is 5.57. The number of piperidine rings is 1. The molecule has 4 heteroatoms. The van der Waals surface area contributed by atoms with Crippen LogP contribution in [-0.4, -0.2) is 38.3 Å². The highest BCUT2D eigenvalue weighted by molar-refractivity contribution is 5.85. The molecule has 4 nitrogen and oxygen atoms in total. The first kappa shape index (κ1) is 13.8. The van der Waals surface area contributed by atoms with E-state index >= 15 is 0 Å². The molecule has 1 aliphatic heterocycles. The molecule has 0 unspecified atom stereocenters. The summed E-state index contributed by atoms with van der Waals surface area (Å²) in [4.78, 5) is 12.4. The zero-order valence-corrected chi connectivity index (χ0v) is 11.7. The Bertz CT molecular complexity index is 294. The van der Waals surface area contributed by atoms with Crippen molar-refractivity contribution >= 4 is 5.91 Å². The van der Waals surface area contributed by atoms with Crippen LogP contribution in [0.2, 0.25) is 0 Å². The SMILES string of the molecule is CCCC1(CNC(=O)C2(OC)CCNCC2)CC1. The number of methoxy groups -OCH3 is 1. The Morgan fingerprint density at radius 3 is 2.44 bits per heavy atom. The Morgan fingerprint density at radius 2 is 1.94 bits per heavy atom. The molecule has 1 aliphatic carbocycles. The highest BCUT2D eigenvalue weighted by atomic mass is 16.5. The van der Waals surface area contributed by atoms with Crippen LogP contribution < -0.4 is 10.6 Å². The van der Waals surface area contributed by atoms with Gasteiger partial charge in [-0.3, -0.25) is 4.79 Å². The smallest absolute Gasteiger partial charge is 0.252 e. The fourth-order valence-electron chi connectivity index (χ4n) is 3.01. The molecule has 18 heavy (non-hydrogen) atoms. The Balaban J connectivity index is 1.86. The summed E-state index contributed by atoms with van der Waals surface area (Å²) in [6.07, 6.45) is 6.52. The molecule has 2 rings (SSSR count). The van der Waals surface area contributed by atoms with Gasteiger partial charge in [0, 0.05) is 13.7 Å². The Hall–Kier alpha value is -0.610. The first-order valence-electron chi connectivity index (χ1n) is 7.21. The summed E-state index contributed by atoms with van der Waals surface area (Å²) in [5, 5.41) is 6.41. The van der Waals surface area contributed by atoms with E-state index in [1.54, 1.807) is 7.11 Å². The highest BCUT2D eigenvalue weighted by Gasteiger charge is 2.44. The Morgan fingerprint density at radius 1 is 1.28 bits per heavy atom. The van der Waals surface area contributed by atoms with Crippen molar-refractivity contribution in [2.45, 2.75) is 51.0 Å². The zero-order chi connectivity index (χ0) is 13.1. The molecule has 1 heterocycles. The number of ether oxygens (including phenoxy) is 1. The molecule has 1 amide bonds. The van der Waals surface area contributed by atoms with Crippen LogP contribution in [0, 0.1) is 5.41 Å². The summed E-state index contributed by atoms with van der Waals surface area (Å²) in [5.41, 5.74) is -0.181. The summed E-state index contributed by atoms with van der Waals surface area (Å²) in [5.74, 6) is 0.0916. The second-order valence-corrected chi connectivity index (χ2v) is 5.88. The molecule has 2 fully saturated rings. The number of nitrogens with one attached hydrogen (secondary N) is 2.